The van der Waals surface area contributed by atoms with Gasteiger partial charge in [-0.1, -0.05) is 31.2 Å². The van der Waals surface area contributed by atoms with Crippen molar-refractivity contribution in [1.29, 1.82) is 0 Å². The van der Waals surface area contributed by atoms with E-state index in [1.54, 1.807) is 25.1 Å². The zero-order valence-corrected chi connectivity index (χ0v) is 9.72. The third kappa shape index (κ3) is 3.00. The van der Waals surface area contributed by atoms with E-state index in [1.165, 1.54) is 0 Å². The minimum Gasteiger partial charge on any atom is -0.303 e. The summed E-state index contributed by atoms with van der Waals surface area (Å²) in [6.07, 6.45) is -2.04. The van der Waals surface area contributed by atoms with Crippen LogP contribution in [0.1, 0.15) is 42.9 Å². The molecular weight excluding hydrogens is 227 g/mol. The normalized spacial score (nSPS) is 18.1. The molecule has 1 unspecified atom stereocenters. The number of rotatable bonds is 4. The maximum absolute atomic E-state index is 12.9. The van der Waals surface area contributed by atoms with E-state index in [0.717, 1.165) is 18.4 Å². The van der Waals surface area contributed by atoms with Gasteiger partial charge in [0.15, 0.2) is 0 Å². The van der Waals surface area contributed by atoms with Gasteiger partial charge in [-0.3, -0.25) is 0 Å². The smallest absolute Gasteiger partial charge is 0.303 e. The van der Waals surface area contributed by atoms with Crippen LogP contribution in [0.15, 0.2) is 24.3 Å². The van der Waals surface area contributed by atoms with Crippen molar-refractivity contribution in [3.63, 3.8) is 0 Å². The standard InChI is InChI=1S/C13H16F3N/c1-2-17-12(13(14,15)16)11-5-3-4-10(8-11)9-6-7-9/h3-5,8-9,12,17H,2,6-7H2,1H3. The molecule has 0 aliphatic heterocycles. The van der Waals surface area contributed by atoms with E-state index in [0.29, 0.717) is 18.0 Å². The summed E-state index contributed by atoms with van der Waals surface area (Å²) in [5.74, 6) is 0.477. The summed E-state index contributed by atoms with van der Waals surface area (Å²) < 4.78 is 38.6. The van der Waals surface area contributed by atoms with Gasteiger partial charge in [-0.15, -0.1) is 0 Å². The van der Waals surface area contributed by atoms with Crippen molar-refractivity contribution < 1.29 is 13.2 Å². The Morgan fingerprint density at radius 2 is 2.06 bits per heavy atom. The quantitative estimate of drug-likeness (QED) is 0.848. The summed E-state index contributed by atoms with van der Waals surface area (Å²) in [5.41, 5.74) is 1.36. The van der Waals surface area contributed by atoms with Crippen LogP contribution in [0, 0.1) is 0 Å². The van der Waals surface area contributed by atoms with Crippen LogP contribution in [0.3, 0.4) is 0 Å². The molecule has 1 aromatic carbocycles. The van der Waals surface area contributed by atoms with E-state index in [2.05, 4.69) is 5.32 Å². The van der Waals surface area contributed by atoms with Crippen molar-refractivity contribution in [2.24, 2.45) is 0 Å². The van der Waals surface area contributed by atoms with Gasteiger partial charge in [0.05, 0.1) is 0 Å². The summed E-state index contributed by atoms with van der Waals surface area (Å²) in [6.45, 7) is 1.99. The first-order valence-electron chi connectivity index (χ1n) is 5.92. The number of halogens is 3. The Kier molecular flexibility index (Phi) is 3.43. The van der Waals surface area contributed by atoms with Gasteiger partial charge in [0.25, 0.3) is 0 Å². The molecule has 1 fully saturated rings. The molecule has 0 saturated heterocycles. The maximum Gasteiger partial charge on any atom is 0.407 e. The van der Waals surface area contributed by atoms with Gasteiger partial charge in [0, 0.05) is 0 Å². The fourth-order valence-corrected chi connectivity index (χ4v) is 2.04. The van der Waals surface area contributed by atoms with Crippen LogP contribution in [0.4, 0.5) is 13.2 Å². The monoisotopic (exact) mass is 243 g/mol. The van der Waals surface area contributed by atoms with Crippen molar-refractivity contribution in [1.82, 2.24) is 5.32 Å². The minimum atomic E-state index is -4.24. The first-order chi connectivity index (χ1) is 8.02. The summed E-state index contributed by atoms with van der Waals surface area (Å²) >= 11 is 0. The maximum atomic E-state index is 12.9. The van der Waals surface area contributed by atoms with E-state index in [-0.39, 0.29) is 0 Å². The predicted molar refractivity (Wildman–Crippen MR) is 60.9 cm³/mol. The Labute approximate surface area is 99.0 Å². The van der Waals surface area contributed by atoms with Crippen LogP contribution in [0.5, 0.6) is 0 Å². The van der Waals surface area contributed by atoms with Gasteiger partial charge in [-0.25, -0.2) is 0 Å². The Balaban J connectivity index is 2.25. The first-order valence-corrected chi connectivity index (χ1v) is 5.92. The molecule has 1 N–H and O–H groups in total. The third-order valence-corrected chi connectivity index (χ3v) is 3.03. The molecule has 0 bridgehead atoms. The lowest BCUT2D eigenvalue weighted by atomic mass is 10.0. The molecule has 17 heavy (non-hydrogen) atoms. The molecule has 1 atom stereocenters. The lowest BCUT2D eigenvalue weighted by Crippen LogP contribution is -2.34. The highest BCUT2D eigenvalue weighted by Crippen LogP contribution is 2.41. The average molecular weight is 243 g/mol. The van der Waals surface area contributed by atoms with Crippen LogP contribution in [0.2, 0.25) is 0 Å². The van der Waals surface area contributed by atoms with Crippen molar-refractivity contribution in [2.45, 2.75) is 37.9 Å². The average Bonchev–Trinajstić information content (AvgIpc) is 3.08. The Morgan fingerprint density at radius 1 is 1.35 bits per heavy atom. The van der Waals surface area contributed by atoms with Gasteiger partial charge < -0.3 is 5.32 Å². The van der Waals surface area contributed by atoms with Gasteiger partial charge in [0.1, 0.15) is 6.04 Å². The molecule has 0 amide bonds. The summed E-state index contributed by atoms with van der Waals surface area (Å²) in [7, 11) is 0. The van der Waals surface area contributed by atoms with E-state index < -0.39 is 12.2 Å². The lowest BCUT2D eigenvalue weighted by molar-refractivity contribution is -0.157. The molecular formula is C13H16F3N. The molecule has 0 heterocycles. The zero-order valence-electron chi connectivity index (χ0n) is 9.72. The highest BCUT2D eigenvalue weighted by molar-refractivity contribution is 5.31. The largest absolute Gasteiger partial charge is 0.407 e. The van der Waals surface area contributed by atoms with Crippen LogP contribution in [-0.4, -0.2) is 12.7 Å². The molecule has 1 nitrogen and oxygen atoms in total. The number of nitrogens with one attached hydrogen (secondary N) is 1. The van der Waals surface area contributed by atoms with Gasteiger partial charge >= 0.3 is 6.18 Å². The summed E-state index contributed by atoms with van der Waals surface area (Å²) in [4.78, 5) is 0. The zero-order chi connectivity index (χ0) is 12.5. The van der Waals surface area contributed by atoms with E-state index in [4.69, 9.17) is 0 Å². The molecule has 0 aromatic heterocycles. The van der Waals surface area contributed by atoms with Gasteiger partial charge in [-0.05, 0) is 36.4 Å². The molecule has 94 valence electrons. The van der Waals surface area contributed by atoms with Crippen molar-refractivity contribution in [3.8, 4) is 0 Å². The fourth-order valence-electron chi connectivity index (χ4n) is 2.04. The van der Waals surface area contributed by atoms with Crippen LogP contribution in [0.25, 0.3) is 0 Å². The number of alkyl halides is 3. The van der Waals surface area contributed by atoms with Crippen LogP contribution < -0.4 is 5.32 Å². The van der Waals surface area contributed by atoms with Gasteiger partial charge in [-0.2, -0.15) is 13.2 Å². The van der Waals surface area contributed by atoms with Crippen LogP contribution in [-0.2, 0) is 0 Å². The Bertz CT molecular complexity index is 382. The SMILES string of the molecule is CCNC(c1cccc(C2CC2)c1)C(F)(F)F. The summed E-state index contributed by atoms with van der Waals surface area (Å²) in [6, 6.07) is 5.33. The number of hydrogen-bond donors (Lipinski definition) is 1. The molecule has 4 heteroatoms. The van der Waals surface area contributed by atoms with Gasteiger partial charge in [0.2, 0.25) is 0 Å². The third-order valence-electron chi connectivity index (χ3n) is 3.03. The second kappa shape index (κ2) is 4.69. The first kappa shape index (κ1) is 12.4. The minimum absolute atomic E-state index is 0.303. The Morgan fingerprint density at radius 3 is 2.59 bits per heavy atom. The molecule has 0 spiro atoms. The van der Waals surface area contributed by atoms with E-state index in [1.807, 2.05) is 6.07 Å². The molecule has 1 aliphatic rings. The highest BCUT2D eigenvalue weighted by Gasteiger charge is 2.40. The second-order valence-corrected chi connectivity index (χ2v) is 4.48. The molecule has 0 radical (unpaired) electrons. The van der Waals surface area contributed by atoms with Crippen molar-refractivity contribution in [3.05, 3.63) is 35.4 Å². The van der Waals surface area contributed by atoms with E-state index in [9.17, 15) is 13.2 Å². The lowest BCUT2D eigenvalue weighted by Gasteiger charge is -2.22. The van der Waals surface area contributed by atoms with Crippen molar-refractivity contribution >= 4 is 0 Å². The Hall–Kier alpha value is -1.03. The molecule has 1 aliphatic carbocycles. The number of benzene rings is 1. The van der Waals surface area contributed by atoms with Crippen LogP contribution >= 0.6 is 0 Å². The fraction of sp³-hybridized carbons (Fsp3) is 0.538. The molecule has 1 aromatic rings. The van der Waals surface area contributed by atoms with Crippen molar-refractivity contribution in [2.75, 3.05) is 6.54 Å². The second-order valence-electron chi connectivity index (χ2n) is 4.48. The molecule has 2 rings (SSSR count). The predicted octanol–water partition coefficient (Wildman–Crippen LogP) is 3.78. The molecule has 1 saturated carbocycles. The van der Waals surface area contributed by atoms with E-state index >= 15 is 0 Å². The number of hydrogen-bond acceptors (Lipinski definition) is 1. The summed E-state index contributed by atoms with van der Waals surface area (Å²) in [5, 5.41) is 2.50. The topological polar surface area (TPSA) is 12.0 Å². The highest BCUT2D eigenvalue weighted by atomic mass is 19.4.